The Morgan fingerprint density at radius 3 is 2.50 bits per heavy atom. The Labute approximate surface area is 119 Å². The van der Waals surface area contributed by atoms with Crippen molar-refractivity contribution in [1.29, 1.82) is 0 Å². The predicted molar refractivity (Wildman–Crippen MR) is 75.2 cm³/mol. The van der Waals surface area contributed by atoms with E-state index in [1.54, 1.807) is 0 Å². The van der Waals surface area contributed by atoms with Crippen LogP contribution in [0.15, 0.2) is 6.07 Å². The number of carbonyl (C=O) groups is 2. The van der Waals surface area contributed by atoms with E-state index in [0.29, 0.717) is 13.0 Å². The van der Waals surface area contributed by atoms with E-state index in [4.69, 9.17) is 0 Å². The molecule has 112 valence electrons. The number of methoxy groups -OCH3 is 1. The molecule has 1 aromatic heterocycles. The summed E-state index contributed by atoms with van der Waals surface area (Å²) in [6, 6.07) is 1.93. The van der Waals surface area contributed by atoms with Crippen molar-refractivity contribution in [3.05, 3.63) is 17.5 Å². The van der Waals surface area contributed by atoms with Gasteiger partial charge in [-0.2, -0.15) is 5.10 Å². The maximum atomic E-state index is 12.2. The number of carbonyl (C=O) groups excluding carboxylic acids is 2. The molecular formula is C14H23N3O3. The number of aromatic nitrogens is 2. The zero-order valence-corrected chi connectivity index (χ0v) is 12.8. The first-order chi connectivity index (χ1) is 9.35. The van der Waals surface area contributed by atoms with Crippen LogP contribution in [0.2, 0.25) is 0 Å². The molecule has 6 nitrogen and oxygen atoms in total. The Morgan fingerprint density at radius 1 is 1.40 bits per heavy atom. The van der Waals surface area contributed by atoms with Crippen molar-refractivity contribution in [2.45, 2.75) is 46.7 Å². The van der Waals surface area contributed by atoms with Gasteiger partial charge in [0.2, 0.25) is 5.91 Å². The topological polar surface area (TPSA) is 64.4 Å². The smallest absolute Gasteiger partial charge is 0.325 e. The van der Waals surface area contributed by atoms with E-state index in [9.17, 15) is 9.59 Å². The molecule has 1 rings (SSSR count). The molecule has 0 unspecified atom stereocenters. The third-order valence-electron chi connectivity index (χ3n) is 3.11. The van der Waals surface area contributed by atoms with Gasteiger partial charge in [0.1, 0.15) is 6.54 Å². The van der Waals surface area contributed by atoms with Crippen molar-refractivity contribution in [1.82, 2.24) is 14.7 Å². The summed E-state index contributed by atoms with van der Waals surface area (Å²) in [6.07, 6.45) is 0.317. The highest BCUT2D eigenvalue weighted by molar-refractivity contribution is 5.82. The van der Waals surface area contributed by atoms with E-state index in [2.05, 4.69) is 9.84 Å². The second-order valence-corrected chi connectivity index (χ2v) is 5.09. The van der Waals surface area contributed by atoms with Crippen LogP contribution in [0.4, 0.5) is 0 Å². The summed E-state index contributed by atoms with van der Waals surface area (Å²) in [5, 5.41) is 4.32. The average molecular weight is 281 g/mol. The van der Waals surface area contributed by atoms with Crippen LogP contribution in [0.25, 0.3) is 0 Å². The number of nitrogens with zero attached hydrogens (tertiary/aromatic N) is 3. The third-order valence-corrected chi connectivity index (χ3v) is 3.11. The zero-order valence-electron chi connectivity index (χ0n) is 12.8. The van der Waals surface area contributed by atoms with Gasteiger partial charge in [-0.1, -0.05) is 0 Å². The van der Waals surface area contributed by atoms with Gasteiger partial charge in [0.05, 0.1) is 12.8 Å². The molecule has 1 amide bonds. The van der Waals surface area contributed by atoms with Crippen LogP contribution in [0.3, 0.4) is 0 Å². The second kappa shape index (κ2) is 7.07. The molecule has 0 saturated heterocycles. The molecule has 0 fully saturated rings. The summed E-state index contributed by atoms with van der Waals surface area (Å²) >= 11 is 0. The lowest BCUT2D eigenvalue weighted by atomic mass is 10.2. The highest BCUT2D eigenvalue weighted by Gasteiger charge is 2.20. The molecule has 0 saturated carbocycles. The standard InChI is InChI=1S/C14H23N3O3/c1-10(2)16(9-14(19)20-5)13(18)6-7-17-12(4)8-11(3)15-17/h8,10H,6-7,9H2,1-5H3. The van der Waals surface area contributed by atoms with Crippen LogP contribution < -0.4 is 0 Å². The Kier molecular flexibility index (Phi) is 5.73. The maximum Gasteiger partial charge on any atom is 0.325 e. The average Bonchev–Trinajstić information content (AvgIpc) is 2.70. The van der Waals surface area contributed by atoms with Gasteiger partial charge in [-0.25, -0.2) is 0 Å². The molecule has 20 heavy (non-hydrogen) atoms. The maximum absolute atomic E-state index is 12.2. The number of hydrogen-bond donors (Lipinski definition) is 0. The molecule has 0 bridgehead atoms. The Bertz CT molecular complexity index is 480. The Balaban J connectivity index is 2.62. The number of rotatable bonds is 6. The summed E-state index contributed by atoms with van der Waals surface area (Å²) in [4.78, 5) is 25.1. The minimum Gasteiger partial charge on any atom is -0.468 e. The highest BCUT2D eigenvalue weighted by Crippen LogP contribution is 2.06. The molecule has 0 aromatic carbocycles. The summed E-state index contributed by atoms with van der Waals surface area (Å²) in [6.45, 7) is 8.14. The number of amides is 1. The monoisotopic (exact) mass is 281 g/mol. The molecule has 0 atom stereocenters. The van der Waals surface area contributed by atoms with Crippen molar-refractivity contribution in [2.75, 3.05) is 13.7 Å². The van der Waals surface area contributed by atoms with Gasteiger partial charge in [-0.05, 0) is 33.8 Å². The van der Waals surface area contributed by atoms with Crippen LogP contribution in [-0.2, 0) is 20.9 Å². The largest absolute Gasteiger partial charge is 0.468 e. The predicted octanol–water partition coefficient (Wildman–Crippen LogP) is 1.30. The van der Waals surface area contributed by atoms with E-state index in [-0.39, 0.29) is 18.5 Å². The van der Waals surface area contributed by atoms with Gasteiger partial charge >= 0.3 is 5.97 Å². The first-order valence-electron chi connectivity index (χ1n) is 6.72. The minimum atomic E-state index is -0.404. The first kappa shape index (κ1) is 16.2. The van der Waals surface area contributed by atoms with Crippen LogP contribution in [0, 0.1) is 13.8 Å². The SMILES string of the molecule is COC(=O)CN(C(=O)CCn1nc(C)cc1C)C(C)C. The van der Waals surface area contributed by atoms with Gasteiger partial charge in [-0.3, -0.25) is 14.3 Å². The molecule has 0 N–H and O–H groups in total. The molecule has 0 aliphatic rings. The van der Waals surface area contributed by atoms with Crippen LogP contribution in [-0.4, -0.2) is 46.3 Å². The first-order valence-corrected chi connectivity index (χ1v) is 6.72. The van der Waals surface area contributed by atoms with Gasteiger partial charge in [0, 0.05) is 24.7 Å². The fourth-order valence-corrected chi connectivity index (χ4v) is 2.01. The van der Waals surface area contributed by atoms with Crippen LogP contribution in [0.1, 0.15) is 31.7 Å². The van der Waals surface area contributed by atoms with Crippen molar-refractivity contribution >= 4 is 11.9 Å². The molecule has 0 aliphatic carbocycles. The number of esters is 1. The molecule has 1 aromatic rings. The lowest BCUT2D eigenvalue weighted by Gasteiger charge is -2.25. The fourth-order valence-electron chi connectivity index (χ4n) is 2.01. The zero-order chi connectivity index (χ0) is 15.3. The van der Waals surface area contributed by atoms with Crippen molar-refractivity contribution < 1.29 is 14.3 Å². The van der Waals surface area contributed by atoms with Gasteiger partial charge < -0.3 is 9.64 Å². The Morgan fingerprint density at radius 2 is 2.05 bits per heavy atom. The Hall–Kier alpha value is -1.85. The molecular weight excluding hydrogens is 258 g/mol. The molecule has 1 heterocycles. The van der Waals surface area contributed by atoms with E-state index in [0.717, 1.165) is 11.4 Å². The summed E-state index contributed by atoms with van der Waals surface area (Å²) in [5.74, 6) is -0.476. The second-order valence-electron chi connectivity index (χ2n) is 5.09. The molecule has 0 aliphatic heterocycles. The molecule has 0 spiro atoms. The summed E-state index contributed by atoms with van der Waals surface area (Å²) < 4.78 is 6.43. The number of aryl methyl sites for hydroxylation is 3. The highest BCUT2D eigenvalue weighted by atomic mass is 16.5. The van der Waals surface area contributed by atoms with E-state index in [1.165, 1.54) is 12.0 Å². The summed E-state index contributed by atoms with van der Waals surface area (Å²) in [7, 11) is 1.32. The minimum absolute atomic E-state index is 0.00980. The lowest BCUT2D eigenvalue weighted by Crippen LogP contribution is -2.41. The van der Waals surface area contributed by atoms with E-state index < -0.39 is 5.97 Å². The van der Waals surface area contributed by atoms with Crippen molar-refractivity contribution in [3.63, 3.8) is 0 Å². The third kappa shape index (κ3) is 4.36. The van der Waals surface area contributed by atoms with Gasteiger partial charge in [0.15, 0.2) is 0 Å². The molecule has 6 heteroatoms. The lowest BCUT2D eigenvalue weighted by molar-refractivity contribution is -0.148. The van der Waals surface area contributed by atoms with E-state index in [1.807, 2.05) is 38.4 Å². The normalized spacial score (nSPS) is 10.7. The molecule has 0 radical (unpaired) electrons. The number of hydrogen-bond acceptors (Lipinski definition) is 4. The fraction of sp³-hybridized carbons (Fsp3) is 0.643. The van der Waals surface area contributed by atoms with Crippen LogP contribution in [0.5, 0.6) is 0 Å². The van der Waals surface area contributed by atoms with Crippen molar-refractivity contribution in [2.24, 2.45) is 0 Å². The van der Waals surface area contributed by atoms with E-state index >= 15 is 0 Å². The van der Waals surface area contributed by atoms with Gasteiger partial charge in [-0.15, -0.1) is 0 Å². The quantitative estimate of drug-likeness (QED) is 0.737. The van der Waals surface area contributed by atoms with Gasteiger partial charge in [0.25, 0.3) is 0 Å². The van der Waals surface area contributed by atoms with Crippen molar-refractivity contribution in [3.8, 4) is 0 Å². The van der Waals surface area contributed by atoms with Crippen LogP contribution >= 0.6 is 0 Å². The number of ether oxygens (including phenoxy) is 1. The summed E-state index contributed by atoms with van der Waals surface area (Å²) in [5.41, 5.74) is 1.96.